The zero-order valence-electron chi connectivity index (χ0n) is 14.4. The largest absolute Gasteiger partial charge is 0.356 e. The summed E-state index contributed by atoms with van der Waals surface area (Å²) in [5.74, 6) is 0.608. The Bertz CT molecular complexity index is 1080. The molecule has 0 saturated heterocycles. The molecule has 6 nitrogen and oxygen atoms in total. The molecule has 1 aliphatic rings. The standard InChI is InChI=1S/C20H17N3O3S/c21-13-15-6-10-19(11-7-15)27(24,25)23(18-8-9-18)14-17-12-20(26-22-17)16-4-2-1-3-5-16/h1-7,10-12,18H,8-9,14H2. The van der Waals surface area contributed by atoms with Crippen LogP contribution in [0, 0.1) is 11.3 Å². The van der Waals surface area contributed by atoms with Gasteiger partial charge in [-0.2, -0.15) is 9.57 Å². The van der Waals surface area contributed by atoms with E-state index < -0.39 is 10.0 Å². The van der Waals surface area contributed by atoms with Gasteiger partial charge in [-0.1, -0.05) is 35.5 Å². The first kappa shape index (κ1) is 17.5. The molecule has 2 aromatic carbocycles. The van der Waals surface area contributed by atoms with E-state index in [1.807, 2.05) is 36.4 Å². The summed E-state index contributed by atoms with van der Waals surface area (Å²) in [7, 11) is -3.67. The van der Waals surface area contributed by atoms with Gasteiger partial charge in [0.2, 0.25) is 10.0 Å². The molecule has 0 atom stereocenters. The fraction of sp³-hybridized carbons (Fsp3) is 0.200. The van der Waals surface area contributed by atoms with Crippen LogP contribution in [0.25, 0.3) is 11.3 Å². The molecule has 0 bridgehead atoms. The van der Waals surface area contributed by atoms with Crippen LogP contribution in [0.5, 0.6) is 0 Å². The Morgan fingerprint density at radius 1 is 1.11 bits per heavy atom. The smallest absolute Gasteiger partial charge is 0.243 e. The second-order valence-corrected chi connectivity index (χ2v) is 8.36. The molecule has 7 heteroatoms. The van der Waals surface area contributed by atoms with E-state index in [1.165, 1.54) is 28.6 Å². The summed E-state index contributed by atoms with van der Waals surface area (Å²) in [4.78, 5) is 0.181. The van der Waals surface area contributed by atoms with Crippen molar-refractivity contribution in [2.45, 2.75) is 30.3 Å². The van der Waals surface area contributed by atoms with E-state index >= 15 is 0 Å². The van der Waals surface area contributed by atoms with Crippen LogP contribution in [0.4, 0.5) is 0 Å². The van der Waals surface area contributed by atoms with Crippen LogP contribution >= 0.6 is 0 Å². The molecule has 27 heavy (non-hydrogen) atoms. The number of hydrogen-bond acceptors (Lipinski definition) is 5. The summed E-state index contributed by atoms with van der Waals surface area (Å²) in [6.07, 6.45) is 1.66. The van der Waals surface area contributed by atoms with E-state index in [9.17, 15) is 8.42 Å². The summed E-state index contributed by atoms with van der Waals surface area (Å²) in [6.45, 7) is 0.156. The molecule has 1 heterocycles. The second-order valence-electron chi connectivity index (χ2n) is 6.47. The van der Waals surface area contributed by atoms with Crippen molar-refractivity contribution < 1.29 is 12.9 Å². The molecule has 4 rings (SSSR count). The van der Waals surface area contributed by atoms with Crippen molar-refractivity contribution in [2.24, 2.45) is 0 Å². The monoisotopic (exact) mass is 379 g/mol. The van der Waals surface area contributed by atoms with Crippen LogP contribution in [0.1, 0.15) is 24.1 Å². The molecule has 136 valence electrons. The van der Waals surface area contributed by atoms with Crippen LogP contribution in [-0.2, 0) is 16.6 Å². The number of rotatable bonds is 6. The summed E-state index contributed by atoms with van der Waals surface area (Å²) >= 11 is 0. The number of aromatic nitrogens is 1. The van der Waals surface area contributed by atoms with Crippen LogP contribution in [0.3, 0.4) is 0 Å². The van der Waals surface area contributed by atoms with Crippen molar-refractivity contribution in [3.8, 4) is 17.4 Å². The highest BCUT2D eigenvalue weighted by molar-refractivity contribution is 7.89. The lowest BCUT2D eigenvalue weighted by Crippen LogP contribution is -2.32. The maximum Gasteiger partial charge on any atom is 0.243 e. The van der Waals surface area contributed by atoms with Gasteiger partial charge in [0.1, 0.15) is 0 Å². The Hall–Kier alpha value is -2.95. The first-order chi connectivity index (χ1) is 13.1. The molecule has 0 aliphatic heterocycles. The normalized spacial score (nSPS) is 14.2. The number of benzene rings is 2. The lowest BCUT2D eigenvalue weighted by atomic mass is 10.2. The Morgan fingerprint density at radius 2 is 1.81 bits per heavy atom. The molecule has 0 radical (unpaired) electrons. The van der Waals surface area contributed by atoms with Crippen molar-refractivity contribution in [2.75, 3.05) is 0 Å². The second kappa shape index (κ2) is 6.99. The van der Waals surface area contributed by atoms with Crippen molar-refractivity contribution in [3.63, 3.8) is 0 Å². The summed E-state index contributed by atoms with van der Waals surface area (Å²) in [5, 5.41) is 13.0. The third-order valence-electron chi connectivity index (χ3n) is 4.48. The highest BCUT2D eigenvalue weighted by Gasteiger charge is 2.38. The van der Waals surface area contributed by atoms with Gasteiger partial charge in [-0.15, -0.1) is 0 Å². The predicted octanol–water partition coefficient (Wildman–Crippen LogP) is 3.57. The molecule has 0 unspecified atom stereocenters. The van der Waals surface area contributed by atoms with Crippen LogP contribution in [0.15, 0.2) is 70.1 Å². The van der Waals surface area contributed by atoms with Gasteiger partial charge in [-0.25, -0.2) is 8.42 Å². The van der Waals surface area contributed by atoms with Crippen molar-refractivity contribution in [1.29, 1.82) is 5.26 Å². The minimum atomic E-state index is -3.67. The van der Waals surface area contributed by atoms with Crippen LogP contribution in [0.2, 0.25) is 0 Å². The van der Waals surface area contributed by atoms with Crippen LogP contribution in [-0.4, -0.2) is 23.9 Å². The summed E-state index contributed by atoms with van der Waals surface area (Å²) in [6, 6.07) is 19.3. The van der Waals surface area contributed by atoms with E-state index in [1.54, 1.807) is 6.07 Å². The Labute approximate surface area is 157 Å². The van der Waals surface area contributed by atoms with Gasteiger partial charge < -0.3 is 4.52 Å². The van der Waals surface area contributed by atoms with E-state index in [-0.39, 0.29) is 17.5 Å². The van der Waals surface area contributed by atoms with E-state index in [0.29, 0.717) is 17.0 Å². The highest BCUT2D eigenvalue weighted by atomic mass is 32.2. The highest BCUT2D eigenvalue weighted by Crippen LogP contribution is 2.34. The number of sulfonamides is 1. The van der Waals surface area contributed by atoms with Crippen LogP contribution < -0.4 is 0 Å². The van der Waals surface area contributed by atoms with E-state index in [4.69, 9.17) is 9.78 Å². The molecule has 1 saturated carbocycles. The predicted molar refractivity (Wildman–Crippen MR) is 98.8 cm³/mol. The minimum Gasteiger partial charge on any atom is -0.356 e. The van der Waals surface area contributed by atoms with Gasteiger partial charge in [0, 0.05) is 17.7 Å². The Balaban J connectivity index is 1.60. The Morgan fingerprint density at radius 3 is 2.44 bits per heavy atom. The summed E-state index contributed by atoms with van der Waals surface area (Å²) in [5.41, 5.74) is 1.89. The fourth-order valence-corrected chi connectivity index (χ4v) is 4.55. The minimum absolute atomic E-state index is 0.0254. The lowest BCUT2D eigenvalue weighted by Gasteiger charge is -2.20. The maximum absolute atomic E-state index is 13.1. The van der Waals surface area contributed by atoms with Gasteiger partial charge in [0.25, 0.3) is 0 Å². The average Bonchev–Trinajstić information content (AvgIpc) is 3.43. The van der Waals surface area contributed by atoms with Crippen molar-refractivity contribution in [1.82, 2.24) is 9.46 Å². The number of nitriles is 1. The summed E-state index contributed by atoms with van der Waals surface area (Å²) < 4.78 is 33.0. The number of hydrogen-bond donors (Lipinski definition) is 0. The van der Waals surface area contributed by atoms with Gasteiger partial charge in [-0.05, 0) is 37.1 Å². The fourth-order valence-electron chi connectivity index (χ4n) is 2.89. The first-order valence-electron chi connectivity index (χ1n) is 8.61. The molecular weight excluding hydrogens is 362 g/mol. The molecular formula is C20H17N3O3S. The zero-order valence-corrected chi connectivity index (χ0v) is 15.3. The third-order valence-corrected chi connectivity index (χ3v) is 6.39. The molecule has 1 aliphatic carbocycles. The molecule has 0 amide bonds. The number of nitrogens with zero attached hydrogens (tertiary/aromatic N) is 3. The quantitative estimate of drug-likeness (QED) is 0.653. The van der Waals surface area contributed by atoms with Gasteiger partial charge >= 0.3 is 0 Å². The molecule has 1 aromatic heterocycles. The van der Waals surface area contributed by atoms with Crippen molar-refractivity contribution >= 4 is 10.0 Å². The molecule has 3 aromatic rings. The molecule has 0 spiro atoms. The van der Waals surface area contributed by atoms with Gasteiger partial charge in [0.15, 0.2) is 5.76 Å². The zero-order chi connectivity index (χ0) is 18.9. The SMILES string of the molecule is N#Cc1ccc(S(=O)(=O)N(Cc2cc(-c3ccccc3)on2)C2CC2)cc1. The molecule has 1 fully saturated rings. The lowest BCUT2D eigenvalue weighted by molar-refractivity contribution is 0.370. The van der Waals surface area contributed by atoms with E-state index in [2.05, 4.69) is 5.16 Å². The first-order valence-corrected chi connectivity index (χ1v) is 10.0. The van der Waals surface area contributed by atoms with E-state index in [0.717, 1.165) is 18.4 Å². The van der Waals surface area contributed by atoms with Crippen molar-refractivity contribution in [3.05, 3.63) is 71.9 Å². The average molecular weight is 379 g/mol. The van der Waals surface area contributed by atoms with Gasteiger partial charge in [-0.3, -0.25) is 0 Å². The maximum atomic E-state index is 13.1. The Kier molecular flexibility index (Phi) is 4.52. The third kappa shape index (κ3) is 3.63. The topological polar surface area (TPSA) is 87.2 Å². The molecule has 0 N–H and O–H groups in total. The van der Waals surface area contributed by atoms with Gasteiger partial charge in [0.05, 0.1) is 28.8 Å².